The van der Waals surface area contributed by atoms with Crippen LogP contribution in [-0.4, -0.2) is 53.3 Å². The monoisotopic (exact) mass is 299 g/mol. The molecule has 0 aromatic heterocycles. The van der Waals surface area contributed by atoms with Gasteiger partial charge in [-0.3, -0.25) is 9.59 Å². The summed E-state index contributed by atoms with van der Waals surface area (Å²) in [6.07, 6.45) is 0. The zero-order chi connectivity index (χ0) is 14.9. The van der Waals surface area contributed by atoms with Crippen LogP contribution in [-0.2, 0) is 9.53 Å². The molecule has 1 fully saturated rings. The number of phenols is 1. The molecule has 1 aromatic rings. The smallest absolute Gasteiger partial charge is 0.311 e. The lowest BCUT2D eigenvalue weighted by atomic mass is 10.0. The fourth-order valence-corrected chi connectivity index (χ4v) is 2.34. The second-order valence-corrected chi connectivity index (χ2v) is 5.04. The van der Waals surface area contributed by atoms with Gasteiger partial charge in [0.15, 0.2) is 0 Å². The Kier molecular flexibility index (Phi) is 4.15. The molecule has 0 spiro atoms. The Labute approximate surface area is 120 Å². The molecule has 0 radical (unpaired) electrons. The van der Waals surface area contributed by atoms with E-state index in [1.807, 2.05) is 0 Å². The van der Waals surface area contributed by atoms with Gasteiger partial charge in [-0.2, -0.15) is 0 Å². The first kappa shape index (κ1) is 14.6. The average molecular weight is 300 g/mol. The molecule has 20 heavy (non-hydrogen) atoms. The minimum Gasteiger partial charge on any atom is -0.506 e. The lowest BCUT2D eigenvalue weighted by Gasteiger charge is -2.26. The first-order valence-electron chi connectivity index (χ1n) is 5.98. The van der Waals surface area contributed by atoms with Crippen LogP contribution in [0.5, 0.6) is 5.75 Å². The zero-order valence-electron chi connectivity index (χ0n) is 10.7. The number of amides is 1. The van der Waals surface area contributed by atoms with E-state index in [1.54, 1.807) is 0 Å². The lowest BCUT2D eigenvalue weighted by Crippen LogP contribution is -2.44. The van der Waals surface area contributed by atoms with Gasteiger partial charge in [0.2, 0.25) is 0 Å². The molecule has 2 unspecified atom stereocenters. The molecule has 1 saturated heterocycles. The van der Waals surface area contributed by atoms with Crippen LogP contribution in [0.4, 0.5) is 0 Å². The van der Waals surface area contributed by atoms with E-state index < -0.39 is 17.9 Å². The molecule has 1 aliphatic heterocycles. The van der Waals surface area contributed by atoms with Gasteiger partial charge in [0.1, 0.15) is 11.7 Å². The van der Waals surface area contributed by atoms with Crippen molar-refractivity contribution in [3.8, 4) is 5.75 Å². The van der Waals surface area contributed by atoms with Gasteiger partial charge < -0.3 is 19.8 Å². The summed E-state index contributed by atoms with van der Waals surface area (Å²) in [5, 5.41) is 18.5. The number of carboxylic acid groups (broad SMARTS) is 1. The van der Waals surface area contributed by atoms with E-state index in [0.29, 0.717) is 0 Å². The third kappa shape index (κ3) is 2.71. The summed E-state index contributed by atoms with van der Waals surface area (Å²) in [5.41, 5.74) is 0.284. The van der Waals surface area contributed by atoms with Crippen LogP contribution >= 0.6 is 11.6 Å². The molecule has 1 amide bonds. The second kappa shape index (κ2) is 5.68. The van der Waals surface area contributed by atoms with E-state index in [-0.39, 0.29) is 35.5 Å². The summed E-state index contributed by atoms with van der Waals surface area (Å²) in [4.78, 5) is 24.7. The maximum atomic E-state index is 12.3. The summed E-state index contributed by atoms with van der Waals surface area (Å²) in [6, 6.07) is 3.59. The largest absolute Gasteiger partial charge is 0.506 e. The number of carboxylic acids is 1. The third-order valence-corrected chi connectivity index (χ3v) is 3.68. The number of aromatic hydroxyl groups is 1. The highest BCUT2D eigenvalue weighted by molar-refractivity contribution is 6.32. The highest BCUT2D eigenvalue weighted by Crippen LogP contribution is 2.26. The predicted molar refractivity (Wildman–Crippen MR) is 70.9 cm³/mol. The number of benzene rings is 1. The van der Waals surface area contributed by atoms with Crippen molar-refractivity contribution < 1.29 is 24.5 Å². The van der Waals surface area contributed by atoms with Crippen molar-refractivity contribution in [3.05, 3.63) is 28.8 Å². The van der Waals surface area contributed by atoms with Gasteiger partial charge in [0.25, 0.3) is 5.91 Å². The first-order valence-corrected chi connectivity index (χ1v) is 6.36. The zero-order valence-corrected chi connectivity index (χ0v) is 11.5. The number of hydrogen-bond acceptors (Lipinski definition) is 4. The van der Waals surface area contributed by atoms with Crippen LogP contribution in [0.1, 0.15) is 10.4 Å². The number of carbonyl (C=O) groups is 2. The maximum absolute atomic E-state index is 12.3. The summed E-state index contributed by atoms with van der Waals surface area (Å²) in [6.45, 7) is 0.277. The summed E-state index contributed by atoms with van der Waals surface area (Å²) >= 11 is 5.76. The molecule has 1 aliphatic rings. The molecule has 7 heteroatoms. The second-order valence-electron chi connectivity index (χ2n) is 4.63. The highest BCUT2D eigenvalue weighted by atomic mass is 35.5. The molecule has 0 aliphatic carbocycles. The highest BCUT2D eigenvalue weighted by Gasteiger charge is 2.38. The molecule has 2 rings (SSSR count). The number of nitrogens with zero attached hydrogens (tertiary/aromatic N) is 1. The van der Waals surface area contributed by atoms with E-state index in [0.717, 1.165) is 0 Å². The van der Waals surface area contributed by atoms with Gasteiger partial charge in [0.05, 0.1) is 24.3 Å². The van der Waals surface area contributed by atoms with E-state index in [1.165, 1.54) is 30.1 Å². The molecule has 2 atom stereocenters. The molecular formula is C13H14ClNO5. The fourth-order valence-electron chi connectivity index (χ4n) is 2.15. The number of phenolic OH excluding ortho intramolecular Hbond substituents is 1. The van der Waals surface area contributed by atoms with Gasteiger partial charge in [-0.25, -0.2) is 0 Å². The Morgan fingerprint density at radius 2 is 2.10 bits per heavy atom. The van der Waals surface area contributed by atoms with Gasteiger partial charge >= 0.3 is 5.97 Å². The Balaban J connectivity index is 2.19. The van der Waals surface area contributed by atoms with Crippen molar-refractivity contribution in [1.29, 1.82) is 0 Å². The van der Waals surface area contributed by atoms with Gasteiger partial charge in [-0.15, -0.1) is 0 Å². The van der Waals surface area contributed by atoms with E-state index in [9.17, 15) is 14.7 Å². The Bertz CT molecular complexity index is 548. The van der Waals surface area contributed by atoms with Crippen LogP contribution in [0.15, 0.2) is 18.2 Å². The van der Waals surface area contributed by atoms with Crippen molar-refractivity contribution in [2.45, 2.75) is 6.04 Å². The molecule has 0 bridgehead atoms. The fraction of sp³-hybridized carbons (Fsp3) is 0.385. The van der Waals surface area contributed by atoms with Crippen molar-refractivity contribution >= 4 is 23.5 Å². The number of ether oxygens (including phenoxy) is 1. The van der Waals surface area contributed by atoms with Crippen molar-refractivity contribution in [3.63, 3.8) is 0 Å². The normalized spacial score (nSPS) is 21.7. The minimum atomic E-state index is -0.990. The molecule has 1 aromatic carbocycles. The summed E-state index contributed by atoms with van der Waals surface area (Å²) < 4.78 is 5.14. The van der Waals surface area contributed by atoms with Gasteiger partial charge in [-0.1, -0.05) is 11.6 Å². The minimum absolute atomic E-state index is 0.0710. The van der Waals surface area contributed by atoms with E-state index in [4.69, 9.17) is 21.4 Å². The first-order chi connectivity index (χ1) is 9.41. The Morgan fingerprint density at radius 1 is 1.40 bits per heavy atom. The van der Waals surface area contributed by atoms with Crippen LogP contribution in [0.3, 0.4) is 0 Å². The molecule has 1 heterocycles. The predicted octanol–water partition coefficient (Wildman–Crippen LogP) is 1.22. The number of rotatable bonds is 3. The quantitative estimate of drug-likeness (QED) is 0.876. The van der Waals surface area contributed by atoms with E-state index in [2.05, 4.69) is 0 Å². The summed E-state index contributed by atoms with van der Waals surface area (Å²) in [7, 11) is 1.53. The Hall–Kier alpha value is -1.79. The van der Waals surface area contributed by atoms with Crippen LogP contribution in [0.2, 0.25) is 5.02 Å². The number of halogens is 1. The van der Waals surface area contributed by atoms with Crippen LogP contribution in [0.25, 0.3) is 0 Å². The number of aliphatic carboxylic acids is 1. The lowest BCUT2D eigenvalue weighted by molar-refractivity contribution is -0.142. The van der Waals surface area contributed by atoms with Gasteiger partial charge in [-0.05, 0) is 18.2 Å². The number of hydrogen-bond donors (Lipinski definition) is 2. The molecule has 0 saturated carbocycles. The third-order valence-electron chi connectivity index (χ3n) is 3.38. The number of carbonyl (C=O) groups excluding carboxylic acids is 1. The summed E-state index contributed by atoms with van der Waals surface area (Å²) in [5.74, 6) is -2.21. The standard InChI is InChI=1S/C13H14ClNO5/c1-15(10-6-20-5-8(10)13(18)19)12(17)7-2-3-11(16)9(14)4-7/h2-4,8,10,16H,5-6H2,1H3,(H,18,19). The van der Waals surface area contributed by atoms with E-state index >= 15 is 0 Å². The molecule has 6 nitrogen and oxygen atoms in total. The SMILES string of the molecule is CN(C(=O)c1ccc(O)c(Cl)c1)C1COCC1C(=O)O. The van der Waals surface area contributed by atoms with Crippen molar-refractivity contribution in [1.82, 2.24) is 4.90 Å². The van der Waals surface area contributed by atoms with Crippen molar-refractivity contribution in [2.75, 3.05) is 20.3 Å². The topological polar surface area (TPSA) is 87.1 Å². The van der Waals surface area contributed by atoms with Crippen LogP contribution < -0.4 is 0 Å². The molecular weight excluding hydrogens is 286 g/mol. The van der Waals surface area contributed by atoms with Gasteiger partial charge in [0, 0.05) is 12.6 Å². The van der Waals surface area contributed by atoms with Crippen LogP contribution in [0, 0.1) is 5.92 Å². The number of likely N-dealkylation sites (N-methyl/N-ethyl adjacent to an activating group) is 1. The Morgan fingerprint density at radius 3 is 2.70 bits per heavy atom. The molecule has 2 N–H and O–H groups in total. The molecule has 108 valence electrons. The average Bonchev–Trinajstić information content (AvgIpc) is 2.89. The van der Waals surface area contributed by atoms with Crippen molar-refractivity contribution in [2.24, 2.45) is 5.92 Å². The maximum Gasteiger partial charge on any atom is 0.311 e.